The number of carbonyl (C=O) groups excluding carboxylic acids is 2. The van der Waals surface area contributed by atoms with Gasteiger partial charge in [-0.25, -0.2) is 4.79 Å². The highest BCUT2D eigenvalue weighted by Gasteiger charge is 2.24. The van der Waals surface area contributed by atoms with Crippen LogP contribution in [0.4, 0.5) is 4.79 Å². The summed E-state index contributed by atoms with van der Waals surface area (Å²) in [6.07, 6.45) is 0. The first-order valence-electron chi connectivity index (χ1n) is 10.5. The summed E-state index contributed by atoms with van der Waals surface area (Å²) >= 11 is 2.76. The van der Waals surface area contributed by atoms with Crippen molar-refractivity contribution in [1.82, 2.24) is 25.4 Å². The third-order valence-corrected chi connectivity index (χ3v) is 6.79. The number of para-hydroxylation sites is 2. The monoisotopic (exact) mass is 493 g/mol. The fourth-order valence-corrected chi connectivity index (χ4v) is 4.75. The Balaban J connectivity index is 1.50. The summed E-state index contributed by atoms with van der Waals surface area (Å²) in [5.41, 5.74) is 1.70. The van der Waals surface area contributed by atoms with Crippen molar-refractivity contribution in [2.45, 2.75) is 23.9 Å². The summed E-state index contributed by atoms with van der Waals surface area (Å²) in [5.74, 6) is 0.873. The second-order valence-corrected chi connectivity index (χ2v) is 9.46. The number of carbonyl (C=O) groups is 2. The van der Waals surface area contributed by atoms with Gasteiger partial charge in [0.15, 0.2) is 11.0 Å². The van der Waals surface area contributed by atoms with E-state index in [0.29, 0.717) is 23.3 Å². The normalized spacial score (nSPS) is 11.6. The van der Waals surface area contributed by atoms with Gasteiger partial charge in [-0.3, -0.25) is 14.7 Å². The molecule has 1 unspecified atom stereocenters. The fraction of sp³-hybridized carbons (Fsp3) is 0.167. The second-order valence-electron chi connectivity index (χ2n) is 7.21. The lowest BCUT2D eigenvalue weighted by Crippen LogP contribution is -2.42. The molecule has 4 rings (SSSR count). The molecule has 0 saturated heterocycles. The summed E-state index contributed by atoms with van der Waals surface area (Å²) in [7, 11) is 1.60. The van der Waals surface area contributed by atoms with E-state index in [-0.39, 0.29) is 0 Å². The van der Waals surface area contributed by atoms with Crippen LogP contribution in [0, 0.1) is 0 Å². The van der Waals surface area contributed by atoms with Crippen LogP contribution in [-0.2, 0) is 11.3 Å². The fourth-order valence-electron chi connectivity index (χ4n) is 3.19. The standard InChI is InChI=1S/C24H23N5O3S2/c1-16(22(30)26-23(31)25-15-17-9-4-3-5-10-17)34-24-28-27-21(20-13-8-14-33-20)29(24)18-11-6-7-12-19(18)32-2/h3-14,16H,15H2,1-2H3,(H2,25,26,30,31). The zero-order valence-electron chi connectivity index (χ0n) is 18.6. The van der Waals surface area contributed by atoms with Gasteiger partial charge in [0.05, 0.1) is 22.9 Å². The van der Waals surface area contributed by atoms with Gasteiger partial charge in [0.1, 0.15) is 5.75 Å². The van der Waals surface area contributed by atoms with E-state index in [9.17, 15) is 9.59 Å². The quantitative estimate of drug-likeness (QED) is 0.351. The molecule has 174 valence electrons. The van der Waals surface area contributed by atoms with Crippen LogP contribution in [0.1, 0.15) is 12.5 Å². The van der Waals surface area contributed by atoms with Crippen LogP contribution >= 0.6 is 23.1 Å². The molecule has 8 nitrogen and oxygen atoms in total. The van der Waals surface area contributed by atoms with Crippen molar-refractivity contribution in [3.05, 3.63) is 77.7 Å². The molecule has 34 heavy (non-hydrogen) atoms. The van der Waals surface area contributed by atoms with E-state index in [1.165, 1.54) is 11.8 Å². The predicted octanol–water partition coefficient (Wildman–Crippen LogP) is 4.51. The zero-order chi connectivity index (χ0) is 23.9. The molecule has 0 aliphatic carbocycles. The summed E-state index contributed by atoms with van der Waals surface area (Å²) in [6, 6.07) is 20.4. The predicted molar refractivity (Wildman–Crippen MR) is 133 cm³/mol. The third kappa shape index (κ3) is 5.46. The molecule has 2 N–H and O–H groups in total. The highest BCUT2D eigenvalue weighted by atomic mass is 32.2. The van der Waals surface area contributed by atoms with Crippen molar-refractivity contribution in [1.29, 1.82) is 0 Å². The number of nitrogens with zero attached hydrogens (tertiary/aromatic N) is 3. The number of urea groups is 1. The minimum Gasteiger partial charge on any atom is -0.495 e. The molecule has 2 heterocycles. The molecule has 0 fully saturated rings. The van der Waals surface area contributed by atoms with Gasteiger partial charge in [-0.2, -0.15) is 0 Å². The van der Waals surface area contributed by atoms with Gasteiger partial charge in [0.25, 0.3) is 0 Å². The maximum absolute atomic E-state index is 12.7. The Labute approximate surface area is 205 Å². The van der Waals surface area contributed by atoms with Gasteiger partial charge in [-0.15, -0.1) is 21.5 Å². The summed E-state index contributed by atoms with van der Waals surface area (Å²) in [6.45, 7) is 2.05. The largest absolute Gasteiger partial charge is 0.495 e. The molecular formula is C24H23N5O3S2. The van der Waals surface area contributed by atoms with Crippen LogP contribution in [0.3, 0.4) is 0 Å². The molecule has 0 aliphatic heterocycles. The average Bonchev–Trinajstić information content (AvgIpc) is 3.53. The van der Waals surface area contributed by atoms with E-state index in [2.05, 4.69) is 20.8 Å². The Bertz CT molecular complexity index is 1260. The highest BCUT2D eigenvalue weighted by Crippen LogP contribution is 2.35. The van der Waals surface area contributed by atoms with Gasteiger partial charge >= 0.3 is 6.03 Å². The number of hydrogen-bond donors (Lipinski definition) is 2. The van der Waals surface area contributed by atoms with Crippen molar-refractivity contribution in [3.8, 4) is 22.1 Å². The number of thiophene rings is 1. The van der Waals surface area contributed by atoms with Crippen molar-refractivity contribution >= 4 is 35.0 Å². The number of ether oxygens (including phenoxy) is 1. The van der Waals surface area contributed by atoms with Gasteiger partial charge in [0.2, 0.25) is 5.91 Å². The van der Waals surface area contributed by atoms with E-state index in [0.717, 1.165) is 16.1 Å². The van der Waals surface area contributed by atoms with Gasteiger partial charge < -0.3 is 10.1 Å². The summed E-state index contributed by atoms with van der Waals surface area (Å²) in [4.78, 5) is 25.9. The lowest BCUT2D eigenvalue weighted by Gasteiger charge is -2.15. The summed E-state index contributed by atoms with van der Waals surface area (Å²) in [5, 5.41) is 15.7. The van der Waals surface area contributed by atoms with Crippen molar-refractivity contribution in [2.75, 3.05) is 7.11 Å². The molecule has 4 aromatic rings. The molecule has 0 bridgehead atoms. The number of thioether (sulfide) groups is 1. The minimum absolute atomic E-state index is 0.327. The Kier molecular flexibility index (Phi) is 7.61. The number of benzene rings is 2. The van der Waals surface area contributed by atoms with Gasteiger partial charge in [-0.1, -0.05) is 60.3 Å². The van der Waals surface area contributed by atoms with Crippen LogP contribution in [0.15, 0.2) is 77.3 Å². The van der Waals surface area contributed by atoms with E-state index >= 15 is 0 Å². The average molecular weight is 494 g/mol. The minimum atomic E-state index is -0.601. The third-order valence-electron chi connectivity index (χ3n) is 4.89. The SMILES string of the molecule is COc1ccccc1-n1c(SC(C)C(=O)NC(=O)NCc2ccccc2)nnc1-c1cccs1. The second kappa shape index (κ2) is 11.0. The Morgan fingerprint density at radius 1 is 1.06 bits per heavy atom. The lowest BCUT2D eigenvalue weighted by atomic mass is 10.2. The lowest BCUT2D eigenvalue weighted by molar-refractivity contribution is -0.119. The first-order chi connectivity index (χ1) is 16.6. The number of methoxy groups -OCH3 is 1. The maximum atomic E-state index is 12.7. The first kappa shape index (κ1) is 23.5. The number of aromatic nitrogens is 3. The molecule has 2 aromatic carbocycles. The molecule has 0 aliphatic rings. The van der Waals surface area contributed by atoms with Crippen molar-refractivity contribution < 1.29 is 14.3 Å². The number of nitrogens with one attached hydrogen (secondary N) is 2. The Morgan fingerprint density at radius 3 is 2.56 bits per heavy atom. The topological polar surface area (TPSA) is 98.1 Å². The van der Waals surface area contributed by atoms with E-state index < -0.39 is 17.2 Å². The maximum Gasteiger partial charge on any atom is 0.321 e. The molecule has 1 atom stereocenters. The zero-order valence-corrected chi connectivity index (χ0v) is 20.2. The smallest absolute Gasteiger partial charge is 0.321 e. The molecule has 2 aromatic heterocycles. The van der Waals surface area contributed by atoms with Crippen LogP contribution < -0.4 is 15.4 Å². The van der Waals surface area contributed by atoms with E-state index in [4.69, 9.17) is 4.74 Å². The Hall–Kier alpha value is -3.63. The van der Waals surface area contributed by atoms with E-state index in [1.54, 1.807) is 25.4 Å². The number of amides is 3. The van der Waals surface area contributed by atoms with Crippen LogP contribution in [0.25, 0.3) is 16.4 Å². The number of hydrogen-bond acceptors (Lipinski definition) is 7. The first-order valence-corrected chi connectivity index (χ1v) is 12.2. The molecule has 10 heteroatoms. The van der Waals surface area contributed by atoms with Crippen molar-refractivity contribution in [3.63, 3.8) is 0 Å². The van der Waals surface area contributed by atoms with Crippen LogP contribution in [0.5, 0.6) is 5.75 Å². The van der Waals surface area contributed by atoms with Crippen LogP contribution in [-0.4, -0.2) is 39.1 Å². The number of rotatable bonds is 8. The molecule has 0 radical (unpaired) electrons. The highest BCUT2D eigenvalue weighted by molar-refractivity contribution is 8.00. The van der Waals surface area contributed by atoms with E-state index in [1.807, 2.05) is 76.7 Å². The molecule has 0 saturated carbocycles. The summed E-state index contributed by atoms with van der Waals surface area (Å²) < 4.78 is 7.42. The van der Waals surface area contributed by atoms with Crippen LogP contribution in [0.2, 0.25) is 0 Å². The number of imide groups is 1. The Morgan fingerprint density at radius 2 is 1.82 bits per heavy atom. The van der Waals surface area contributed by atoms with Crippen molar-refractivity contribution in [2.24, 2.45) is 0 Å². The molecule has 0 spiro atoms. The van der Waals surface area contributed by atoms with Gasteiger partial charge in [0, 0.05) is 6.54 Å². The van der Waals surface area contributed by atoms with Gasteiger partial charge in [-0.05, 0) is 36.1 Å². The molecule has 3 amide bonds. The molecular weight excluding hydrogens is 470 g/mol.